The first-order valence-corrected chi connectivity index (χ1v) is 7.91. The van der Waals surface area contributed by atoms with Gasteiger partial charge < -0.3 is 4.74 Å². The summed E-state index contributed by atoms with van der Waals surface area (Å²) in [5.74, 6) is -0.634. The van der Waals surface area contributed by atoms with E-state index in [1.807, 2.05) is 23.6 Å². The van der Waals surface area contributed by atoms with Crippen LogP contribution >= 0.6 is 23.1 Å². The van der Waals surface area contributed by atoms with Crippen molar-refractivity contribution in [3.05, 3.63) is 59.2 Å². The number of ether oxygens (including phenoxy) is 1. The second kappa shape index (κ2) is 5.87. The van der Waals surface area contributed by atoms with E-state index in [0.29, 0.717) is 10.9 Å². The first kappa shape index (κ1) is 14.1. The monoisotopic (exact) mass is 318 g/mol. The van der Waals surface area contributed by atoms with Crippen LogP contribution in [-0.4, -0.2) is 13.1 Å². The molecule has 3 aromatic rings. The number of methoxy groups -OCH3 is 1. The van der Waals surface area contributed by atoms with Crippen molar-refractivity contribution in [2.75, 3.05) is 7.11 Å². The summed E-state index contributed by atoms with van der Waals surface area (Å²) in [4.78, 5) is 13.4. The highest BCUT2D eigenvalue weighted by molar-refractivity contribution is 7.99. The molecule has 0 saturated heterocycles. The normalized spacial score (nSPS) is 10.8. The first-order valence-electron chi connectivity index (χ1n) is 6.21. The molecular weight excluding hydrogens is 307 g/mol. The van der Waals surface area contributed by atoms with Crippen LogP contribution in [-0.2, 0) is 4.74 Å². The van der Waals surface area contributed by atoms with Crippen molar-refractivity contribution in [3.63, 3.8) is 0 Å². The molecule has 1 aromatic heterocycles. The lowest BCUT2D eigenvalue weighted by molar-refractivity contribution is 0.0597. The van der Waals surface area contributed by atoms with E-state index < -0.39 is 5.97 Å². The van der Waals surface area contributed by atoms with Gasteiger partial charge in [0.25, 0.3) is 0 Å². The molecular formula is C16H11FO2S2. The van der Waals surface area contributed by atoms with Crippen LogP contribution in [0.15, 0.2) is 57.6 Å². The maximum atomic E-state index is 14.0. The maximum absolute atomic E-state index is 14.0. The molecule has 2 aromatic carbocycles. The van der Waals surface area contributed by atoms with Gasteiger partial charge >= 0.3 is 5.97 Å². The molecule has 106 valence electrons. The molecule has 0 atom stereocenters. The van der Waals surface area contributed by atoms with Gasteiger partial charge in [-0.1, -0.05) is 30.0 Å². The lowest BCUT2D eigenvalue weighted by Gasteiger charge is -2.06. The number of rotatable bonds is 3. The number of halogens is 1. The minimum atomic E-state index is -0.391. The van der Waals surface area contributed by atoms with Crippen molar-refractivity contribution in [2.24, 2.45) is 0 Å². The van der Waals surface area contributed by atoms with E-state index in [1.165, 1.54) is 36.3 Å². The van der Waals surface area contributed by atoms with Crippen LogP contribution in [0.3, 0.4) is 0 Å². The number of esters is 1. The average Bonchev–Trinajstić information content (AvgIpc) is 2.91. The molecule has 0 radical (unpaired) electrons. The molecule has 0 amide bonds. The molecule has 0 unspecified atom stereocenters. The minimum Gasteiger partial charge on any atom is -0.465 e. The Morgan fingerprint density at radius 3 is 2.76 bits per heavy atom. The lowest BCUT2D eigenvalue weighted by Crippen LogP contribution is -2.02. The van der Waals surface area contributed by atoms with Crippen LogP contribution < -0.4 is 0 Å². The number of benzene rings is 2. The van der Waals surface area contributed by atoms with Crippen molar-refractivity contribution in [3.8, 4) is 0 Å². The molecule has 2 nitrogen and oxygen atoms in total. The molecule has 5 heteroatoms. The summed E-state index contributed by atoms with van der Waals surface area (Å²) in [6.45, 7) is 0. The Hall–Kier alpha value is -1.85. The molecule has 0 saturated carbocycles. The van der Waals surface area contributed by atoms with Crippen LogP contribution in [0.2, 0.25) is 0 Å². The van der Waals surface area contributed by atoms with E-state index in [0.717, 1.165) is 14.5 Å². The SMILES string of the molecule is COC(=O)c1ccccc1Sc1csc2cccc(F)c12. The van der Waals surface area contributed by atoms with Gasteiger partial charge in [-0.25, -0.2) is 9.18 Å². The van der Waals surface area contributed by atoms with Gasteiger partial charge in [0.2, 0.25) is 0 Å². The van der Waals surface area contributed by atoms with Gasteiger partial charge in [-0.2, -0.15) is 0 Å². The Balaban J connectivity index is 2.06. The summed E-state index contributed by atoms with van der Waals surface area (Å²) in [6.07, 6.45) is 0. The molecule has 0 aliphatic heterocycles. The van der Waals surface area contributed by atoms with Gasteiger partial charge in [0.1, 0.15) is 5.82 Å². The second-order valence-corrected chi connectivity index (χ2v) is 6.30. The highest BCUT2D eigenvalue weighted by Gasteiger charge is 2.15. The summed E-state index contributed by atoms with van der Waals surface area (Å²) in [5.41, 5.74) is 0.487. The van der Waals surface area contributed by atoms with E-state index >= 15 is 0 Å². The third-order valence-corrected chi connectivity index (χ3v) is 5.24. The van der Waals surface area contributed by atoms with Crippen molar-refractivity contribution >= 4 is 39.2 Å². The first-order chi connectivity index (χ1) is 10.2. The zero-order valence-electron chi connectivity index (χ0n) is 11.1. The molecule has 0 spiro atoms. The number of carbonyl (C=O) groups is 1. The summed E-state index contributed by atoms with van der Waals surface area (Å²) < 4.78 is 19.7. The number of hydrogen-bond donors (Lipinski definition) is 0. The fourth-order valence-electron chi connectivity index (χ4n) is 2.05. The van der Waals surface area contributed by atoms with Gasteiger partial charge in [0.05, 0.1) is 12.7 Å². The molecule has 3 rings (SSSR count). The average molecular weight is 318 g/mol. The van der Waals surface area contributed by atoms with Crippen LogP contribution in [0.25, 0.3) is 10.1 Å². The zero-order chi connectivity index (χ0) is 14.8. The third kappa shape index (κ3) is 2.66. The van der Waals surface area contributed by atoms with E-state index in [-0.39, 0.29) is 5.82 Å². The molecule has 0 fully saturated rings. The van der Waals surface area contributed by atoms with Gasteiger partial charge in [-0.3, -0.25) is 0 Å². The Bertz CT molecular complexity index is 811. The number of fused-ring (bicyclic) bond motifs is 1. The molecule has 0 bridgehead atoms. The quantitative estimate of drug-likeness (QED) is 0.637. The van der Waals surface area contributed by atoms with E-state index in [1.54, 1.807) is 18.2 Å². The zero-order valence-corrected chi connectivity index (χ0v) is 12.8. The highest BCUT2D eigenvalue weighted by atomic mass is 32.2. The smallest absolute Gasteiger partial charge is 0.339 e. The van der Waals surface area contributed by atoms with E-state index in [9.17, 15) is 9.18 Å². The molecule has 21 heavy (non-hydrogen) atoms. The van der Waals surface area contributed by atoms with E-state index in [4.69, 9.17) is 4.74 Å². The number of thiophene rings is 1. The second-order valence-electron chi connectivity index (χ2n) is 4.30. The van der Waals surface area contributed by atoms with Gasteiger partial charge in [0, 0.05) is 25.3 Å². The topological polar surface area (TPSA) is 26.3 Å². The predicted molar refractivity (Wildman–Crippen MR) is 83.7 cm³/mol. The van der Waals surface area contributed by atoms with Crippen molar-refractivity contribution < 1.29 is 13.9 Å². The largest absolute Gasteiger partial charge is 0.465 e. The molecule has 0 aliphatic rings. The molecule has 0 N–H and O–H groups in total. The highest BCUT2D eigenvalue weighted by Crippen LogP contribution is 2.39. The van der Waals surface area contributed by atoms with Crippen LogP contribution in [0.5, 0.6) is 0 Å². The third-order valence-electron chi connectivity index (χ3n) is 3.03. The lowest BCUT2D eigenvalue weighted by atomic mass is 10.2. The number of carbonyl (C=O) groups excluding carboxylic acids is 1. The fraction of sp³-hybridized carbons (Fsp3) is 0.0625. The summed E-state index contributed by atoms with van der Waals surface area (Å²) in [5, 5.41) is 2.51. The van der Waals surface area contributed by atoms with Crippen LogP contribution in [0, 0.1) is 5.82 Å². The van der Waals surface area contributed by atoms with Gasteiger partial charge in [0.15, 0.2) is 0 Å². The van der Waals surface area contributed by atoms with Gasteiger partial charge in [-0.15, -0.1) is 11.3 Å². The van der Waals surface area contributed by atoms with Crippen molar-refractivity contribution in [1.82, 2.24) is 0 Å². The van der Waals surface area contributed by atoms with Crippen LogP contribution in [0.1, 0.15) is 10.4 Å². The summed E-state index contributed by atoms with van der Waals surface area (Å²) >= 11 is 2.87. The number of hydrogen-bond acceptors (Lipinski definition) is 4. The fourth-order valence-corrected chi connectivity index (χ4v) is 4.24. The van der Waals surface area contributed by atoms with E-state index in [2.05, 4.69) is 0 Å². The Kier molecular flexibility index (Phi) is 3.94. The Labute approximate surface area is 129 Å². The summed E-state index contributed by atoms with van der Waals surface area (Å²) in [6, 6.07) is 12.2. The minimum absolute atomic E-state index is 0.244. The predicted octanol–water partition coefficient (Wildman–Crippen LogP) is 4.98. The van der Waals surface area contributed by atoms with Crippen molar-refractivity contribution in [1.29, 1.82) is 0 Å². The Morgan fingerprint density at radius 1 is 1.14 bits per heavy atom. The molecule has 1 heterocycles. The summed E-state index contributed by atoms with van der Waals surface area (Å²) in [7, 11) is 1.35. The van der Waals surface area contributed by atoms with Crippen LogP contribution in [0.4, 0.5) is 4.39 Å². The standard InChI is InChI=1S/C16H11FO2S2/c1-19-16(18)10-5-2-3-7-12(10)21-14-9-20-13-8-4-6-11(17)15(13)14/h2-9H,1H3. The van der Waals surface area contributed by atoms with Gasteiger partial charge in [-0.05, 0) is 24.3 Å². The molecule has 0 aliphatic carbocycles. The van der Waals surface area contributed by atoms with Crippen molar-refractivity contribution in [2.45, 2.75) is 9.79 Å². The Morgan fingerprint density at radius 2 is 1.95 bits per heavy atom. The maximum Gasteiger partial charge on any atom is 0.339 e.